The van der Waals surface area contributed by atoms with Gasteiger partial charge in [-0.25, -0.2) is 17.5 Å². The maximum Gasteiger partial charge on any atom is 0.254 e. The van der Waals surface area contributed by atoms with Crippen LogP contribution in [0, 0.1) is 5.82 Å². The van der Waals surface area contributed by atoms with E-state index in [1.54, 1.807) is 17.0 Å². The molecule has 1 N–H and O–H groups in total. The summed E-state index contributed by atoms with van der Waals surface area (Å²) >= 11 is 3.33. The summed E-state index contributed by atoms with van der Waals surface area (Å²) in [5, 5.41) is 0. The molecule has 0 radical (unpaired) electrons. The van der Waals surface area contributed by atoms with E-state index in [0.717, 1.165) is 16.7 Å². The lowest BCUT2D eigenvalue weighted by atomic mass is 9.89. The summed E-state index contributed by atoms with van der Waals surface area (Å²) in [6.45, 7) is 2.27. The highest BCUT2D eigenvalue weighted by molar-refractivity contribution is 9.10. The number of nitrogens with zero attached hydrogens (tertiary/aromatic N) is 1. The number of carbonyl (C=O) groups is 1. The van der Waals surface area contributed by atoms with E-state index in [9.17, 15) is 17.6 Å². The third kappa shape index (κ3) is 6.19. The second-order valence-corrected chi connectivity index (χ2v) is 12.8. The van der Waals surface area contributed by atoms with Gasteiger partial charge in [0, 0.05) is 40.6 Å². The molecule has 4 aromatic carbocycles. The normalized spacial score (nSPS) is 15.2. The van der Waals surface area contributed by atoms with Crippen LogP contribution in [0.2, 0.25) is 0 Å². The van der Waals surface area contributed by atoms with Crippen LogP contribution >= 0.6 is 15.9 Å². The molecule has 1 aliphatic rings. The zero-order chi connectivity index (χ0) is 28.3. The SMILES string of the molecule is CC1Cc2cc(Br)cc(F)c2CN1C(=O)c1cccc(S(=O)(=O)NCCC(c2ccccc2)c2ccccc2)c1. The highest BCUT2D eigenvalue weighted by Crippen LogP contribution is 2.30. The summed E-state index contributed by atoms with van der Waals surface area (Å²) in [4.78, 5) is 15.1. The molecule has 0 spiro atoms. The number of fused-ring (bicyclic) bond motifs is 1. The van der Waals surface area contributed by atoms with Gasteiger partial charge in [0.2, 0.25) is 10.0 Å². The molecule has 0 bridgehead atoms. The molecule has 1 atom stereocenters. The van der Waals surface area contributed by atoms with Crippen LogP contribution in [-0.4, -0.2) is 31.8 Å². The minimum absolute atomic E-state index is 0.0227. The van der Waals surface area contributed by atoms with E-state index in [-0.39, 0.29) is 47.2 Å². The van der Waals surface area contributed by atoms with Crippen molar-refractivity contribution in [1.29, 1.82) is 0 Å². The van der Waals surface area contributed by atoms with Gasteiger partial charge in [-0.05, 0) is 66.8 Å². The molecular weight excluding hydrogens is 591 g/mol. The van der Waals surface area contributed by atoms with Gasteiger partial charge in [0.25, 0.3) is 5.91 Å². The molecule has 0 aliphatic carbocycles. The van der Waals surface area contributed by atoms with Gasteiger partial charge >= 0.3 is 0 Å². The lowest BCUT2D eigenvalue weighted by molar-refractivity contribution is 0.0655. The van der Waals surface area contributed by atoms with Gasteiger partial charge in [0.1, 0.15) is 5.82 Å². The van der Waals surface area contributed by atoms with Crippen molar-refractivity contribution in [3.05, 3.63) is 135 Å². The van der Waals surface area contributed by atoms with Crippen molar-refractivity contribution in [3.63, 3.8) is 0 Å². The van der Waals surface area contributed by atoms with Crippen LogP contribution in [-0.2, 0) is 23.0 Å². The number of rotatable bonds is 8. The molecular formula is C32H30BrFN2O3S. The predicted octanol–water partition coefficient (Wildman–Crippen LogP) is 6.68. The van der Waals surface area contributed by atoms with Crippen LogP contribution in [0.3, 0.4) is 0 Å². The average Bonchev–Trinajstić information content (AvgIpc) is 2.95. The molecule has 8 heteroatoms. The Balaban J connectivity index is 1.31. The molecule has 0 saturated heterocycles. The zero-order valence-corrected chi connectivity index (χ0v) is 24.5. The molecule has 1 amide bonds. The quantitative estimate of drug-likeness (QED) is 0.239. The molecule has 5 nitrogen and oxygen atoms in total. The maximum atomic E-state index is 14.7. The number of amides is 1. The standard InChI is InChI=1S/C32H30BrFN2O3S/c1-22-17-26-18-27(33)20-31(34)30(26)21-36(22)32(37)25-13-8-14-28(19-25)40(38,39)35-16-15-29(23-9-4-2-5-10-23)24-11-6-3-7-12-24/h2-14,18-20,22,29,35H,15-17,21H2,1H3. The highest BCUT2D eigenvalue weighted by atomic mass is 79.9. The number of benzene rings is 4. The molecule has 1 unspecified atom stereocenters. The maximum absolute atomic E-state index is 14.7. The molecule has 4 aromatic rings. The minimum atomic E-state index is -3.87. The van der Waals surface area contributed by atoms with Crippen LogP contribution in [0.4, 0.5) is 4.39 Å². The second-order valence-electron chi connectivity index (χ2n) is 10.1. The molecule has 1 aliphatic heterocycles. The van der Waals surface area contributed by atoms with E-state index < -0.39 is 10.0 Å². The summed E-state index contributed by atoms with van der Waals surface area (Å²) in [6, 6.07) is 29.2. The van der Waals surface area contributed by atoms with Gasteiger partial charge in [0.15, 0.2) is 0 Å². The Bertz CT molecular complexity index is 1570. The van der Waals surface area contributed by atoms with Crippen LogP contribution in [0.25, 0.3) is 0 Å². The van der Waals surface area contributed by atoms with Gasteiger partial charge in [-0.2, -0.15) is 0 Å². The van der Waals surface area contributed by atoms with Gasteiger partial charge in [-0.15, -0.1) is 0 Å². The number of hydrogen-bond acceptors (Lipinski definition) is 3. The smallest absolute Gasteiger partial charge is 0.254 e. The fourth-order valence-electron chi connectivity index (χ4n) is 5.32. The minimum Gasteiger partial charge on any atom is -0.331 e. The van der Waals surface area contributed by atoms with Crippen molar-refractivity contribution in [2.75, 3.05) is 6.54 Å². The van der Waals surface area contributed by atoms with E-state index in [2.05, 4.69) is 20.7 Å². The molecule has 0 saturated carbocycles. The first-order valence-corrected chi connectivity index (χ1v) is 15.5. The van der Waals surface area contributed by atoms with Crippen molar-refractivity contribution < 1.29 is 17.6 Å². The summed E-state index contributed by atoms with van der Waals surface area (Å²) in [6.07, 6.45) is 1.08. The highest BCUT2D eigenvalue weighted by Gasteiger charge is 2.30. The van der Waals surface area contributed by atoms with E-state index >= 15 is 0 Å². The Morgan fingerprint density at radius 3 is 2.27 bits per heavy atom. The number of nitrogens with one attached hydrogen (secondary N) is 1. The Labute approximate surface area is 243 Å². The summed E-state index contributed by atoms with van der Waals surface area (Å²) < 4.78 is 44.5. The van der Waals surface area contributed by atoms with Crippen LogP contribution in [0.15, 0.2) is 106 Å². The van der Waals surface area contributed by atoms with Gasteiger partial charge in [-0.3, -0.25) is 4.79 Å². The van der Waals surface area contributed by atoms with E-state index in [0.29, 0.717) is 22.9 Å². The summed E-state index contributed by atoms with van der Waals surface area (Å²) in [5.41, 5.74) is 3.84. The first-order valence-electron chi connectivity index (χ1n) is 13.2. The number of halogens is 2. The first-order chi connectivity index (χ1) is 19.2. The topological polar surface area (TPSA) is 66.5 Å². The van der Waals surface area contributed by atoms with Gasteiger partial charge in [0.05, 0.1) is 4.90 Å². The Kier molecular flexibility index (Phi) is 8.49. The summed E-state index contributed by atoms with van der Waals surface area (Å²) in [5.74, 6) is -0.660. The number of hydrogen-bond donors (Lipinski definition) is 1. The zero-order valence-electron chi connectivity index (χ0n) is 22.1. The van der Waals surface area contributed by atoms with Crippen molar-refractivity contribution in [2.24, 2.45) is 0 Å². The lowest BCUT2D eigenvalue weighted by Crippen LogP contribution is -2.43. The van der Waals surface area contributed by atoms with Crippen molar-refractivity contribution >= 4 is 31.9 Å². The number of sulfonamides is 1. The third-order valence-electron chi connectivity index (χ3n) is 7.41. The molecule has 5 rings (SSSR count). The van der Waals surface area contributed by atoms with Gasteiger partial charge < -0.3 is 4.90 Å². The second kappa shape index (κ2) is 12.0. The van der Waals surface area contributed by atoms with E-state index in [4.69, 9.17) is 0 Å². The first kappa shape index (κ1) is 28.2. The average molecular weight is 622 g/mol. The van der Waals surface area contributed by atoms with Crippen molar-refractivity contribution in [2.45, 2.75) is 43.2 Å². The van der Waals surface area contributed by atoms with Crippen LogP contribution < -0.4 is 4.72 Å². The largest absolute Gasteiger partial charge is 0.331 e. The Morgan fingerprint density at radius 1 is 0.975 bits per heavy atom. The van der Waals surface area contributed by atoms with E-state index in [1.807, 2.05) is 73.7 Å². The van der Waals surface area contributed by atoms with Crippen molar-refractivity contribution in [3.8, 4) is 0 Å². The van der Waals surface area contributed by atoms with E-state index in [1.165, 1.54) is 18.2 Å². The predicted molar refractivity (Wildman–Crippen MR) is 158 cm³/mol. The van der Waals surface area contributed by atoms with Gasteiger partial charge in [-0.1, -0.05) is 82.7 Å². The molecule has 1 heterocycles. The molecule has 206 valence electrons. The molecule has 40 heavy (non-hydrogen) atoms. The Morgan fingerprint density at radius 2 is 1.62 bits per heavy atom. The summed E-state index contributed by atoms with van der Waals surface area (Å²) in [7, 11) is -3.87. The van der Waals surface area contributed by atoms with Crippen molar-refractivity contribution in [1.82, 2.24) is 9.62 Å². The lowest BCUT2D eigenvalue weighted by Gasteiger charge is -2.35. The monoisotopic (exact) mass is 620 g/mol. The molecule has 0 aromatic heterocycles. The van der Waals surface area contributed by atoms with Crippen LogP contribution in [0.1, 0.15) is 51.9 Å². The molecule has 0 fully saturated rings. The Hall–Kier alpha value is -3.33. The van der Waals surface area contributed by atoms with Crippen LogP contribution in [0.5, 0.6) is 0 Å². The number of carbonyl (C=O) groups excluding carboxylic acids is 1. The fourth-order valence-corrected chi connectivity index (χ4v) is 6.89. The fraction of sp³-hybridized carbons (Fsp3) is 0.219. The third-order valence-corrected chi connectivity index (χ3v) is 9.33.